The molecule has 1 heterocycles. The smallest absolute Gasteiger partial charge is 0.208 e. The molecule has 0 saturated heterocycles. The molecule has 1 aromatic heterocycles. The van der Waals surface area contributed by atoms with Gasteiger partial charge in [0.05, 0.1) is 6.26 Å². The molecular formula is C6H10BrN3O2S2. The molecule has 0 aromatic carbocycles. The maximum Gasteiger partial charge on any atom is 0.208 e. The quantitative estimate of drug-likeness (QED) is 0.792. The Labute approximate surface area is 95.1 Å². The van der Waals surface area contributed by atoms with Crippen LogP contribution in [0.5, 0.6) is 0 Å². The van der Waals surface area contributed by atoms with Gasteiger partial charge in [-0.2, -0.15) is 0 Å². The molecule has 80 valence electrons. The lowest BCUT2D eigenvalue weighted by molar-refractivity contribution is 0.589. The van der Waals surface area contributed by atoms with E-state index in [-0.39, 0.29) is 0 Å². The van der Waals surface area contributed by atoms with Gasteiger partial charge in [-0.25, -0.2) is 18.1 Å². The van der Waals surface area contributed by atoms with Gasteiger partial charge in [0.25, 0.3) is 0 Å². The normalized spacial score (nSPS) is 11.6. The highest BCUT2D eigenvalue weighted by Crippen LogP contribution is 2.18. The van der Waals surface area contributed by atoms with Gasteiger partial charge in [0.2, 0.25) is 10.0 Å². The number of halogens is 1. The van der Waals surface area contributed by atoms with Crippen molar-refractivity contribution >= 4 is 42.4 Å². The SMILES string of the molecule is CS(=O)(=O)NCCNc1nc(Br)cs1. The Balaban J connectivity index is 2.23. The third-order valence-corrected chi connectivity index (χ3v) is 3.48. The van der Waals surface area contributed by atoms with Crippen LogP contribution >= 0.6 is 27.3 Å². The van der Waals surface area contributed by atoms with Gasteiger partial charge in [-0.15, -0.1) is 11.3 Å². The molecule has 0 aliphatic heterocycles. The molecule has 0 atom stereocenters. The molecule has 1 rings (SSSR count). The van der Waals surface area contributed by atoms with Gasteiger partial charge < -0.3 is 5.32 Å². The number of nitrogens with zero attached hydrogens (tertiary/aromatic N) is 1. The van der Waals surface area contributed by atoms with E-state index < -0.39 is 10.0 Å². The average Bonchev–Trinajstić information content (AvgIpc) is 2.44. The van der Waals surface area contributed by atoms with Gasteiger partial charge in [-0.3, -0.25) is 0 Å². The van der Waals surface area contributed by atoms with Gasteiger partial charge in [-0.1, -0.05) is 0 Å². The molecule has 14 heavy (non-hydrogen) atoms. The van der Waals surface area contributed by atoms with Gasteiger partial charge in [0.15, 0.2) is 5.13 Å². The highest BCUT2D eigenvalue weighted by molar-refractivity contribution is 9.10. The summed E-state index contributed by atoms with van der Waals surface area (Å²) in [6, 6.07) is 0. The lowest BCUT2D eigenvalue weighted by Gasteiger charge is -2.02. The predicted octanol–water partition coefficient (Wildman–Crippen LogP) is 0.867. The van der Waals surface area contributed by atoms with Crippen LogP contribution in [0.3, 0.4) is 0 Å². The number of sulfonamides is 1. The van der Waals surface area contributed by atoms with E-state index in [1.54, 1.807) is 0 Å². The monoisotopic (exact) mass is 299 g/mol. The predicted molar refractivity (Wildman–Crippen MR) is 61.2 cm³/mol. The van der Waals surface area contributed by atoms with E-state index in [2.05, 4.69) is 31.0 Å². The van der Waals surface area contributed by atoms with Crippen molar-refractivity contribution in [1.82, 2.24) is 9.71 Å². The summed E-state index contributed by atoms with van der Waals surface area (Å²) in [5.41, 5.74) is 0. The van der Waals surface area contributed by atoms with Crippen LogP contribution in [0, 0.1) is 0 Å². The second kappa shape index (κ2) is 5.06. The lowest BCUT2D eigenvalue weighted by Crippen LogP contribution is -2.27. The Hall–Kier alpha value is -0.180. The number of rotatable bonds is 5. The van der Waals surface area contributed by atoms with Crippen LogP contribution in [-0.4, -0.2) is 32.7 Å². The first-order valence-corrected chi connectivity index (χ1v) is 7.33. The molecule has 0 spiro atoms. The van der Waals surface area contributed by atoms with Crippen LogP contribution < -0.4 is 10.0 Å². The van der Waals surface area contributed by atoms with Crippen molar-refractivity contribution < 1.29 is 8.42 Å². The summed E-state index contributed by atoms with van der Waals surface area (Å²) in [5, 5.41) is 5.61. The van der Waals surface area contributed by atoms with E-state index in [1.807, 2.05) is 5.38 Å². The van der Waals surface area contributed by atoms with Crippen molar-refractivity contribution in [2.24, 2.45) is 0 Å². The van der Waals surface area contributed by atoms with Crippen molar-refractivity contribution in [2.75, 3.05) is 24.7 Å². The van der Waals surface area contributed by atoms with Gasteiger partial charge in [0.1, 0.15) is 4.60 Å². The van der Waals surface area contributed by atoms with Crippen molar-refractivity contribution in [2.45, 2.75) is 0 Å². The molecule has 0 fully saturated rings. The molecule has 0 unspecified atom stereocenters. The summed E-state index contributed by atoms with van der Waals surface area (Å²) in [6.45, 7) is 0.878. The molecule has 0 saturated carbocycles. The average molecular weight is 300 g/mol. The van der Waals surface area contributed by atoms with Crippen LogP contribution in [0.2, 0.25) is 0 Å². The molecule has 8 heteroatoms. The fraction of sp³-hybridized carbons (Fsp3) is 0.500. The molecule has 2 N–H and O–H groups in total. The summed E-state index contributed by atoms with van der Waals surface area (Å²) >= 11 is 4.68. The number of nitrogens with one attached hydrogen (secondary N) is 2. The minimum Gasteiger partial charge on any atom is -0.360 e. The number of anilines is 1. The largest absolute Gasteiger partial charge is 0.360 e. The number of hydrogen-bond donors (Lipinski definition) is 2. The fourth-order valence-corrected chi connectivity index (χ4v) is 2.39. The van der Waals surface area contributed by atoms with E-state index in [4.69, 9.17) is 0 Å². The van der Waals surface area contributed by atoms with Crippen LogP contribution in [-0.2, 0) is 10.0 Å². The van der Waals surface area contributed by atoms with Crippen molar-refractivity contribution in [3.63, 3.8) is 0 Å². The van der Waals surface area contributed by atoms with Crippen molar-refractivity contribution in [1.29, 1.82) is 0 Å². The first kappa shape index (κ1) is 11.9. The summed E-state index contributed by atoms with van der Waals surface area (Å²) in [4.78, 5) is 4.09. The van der Waals surface area contributed by atoms with Gasteiger partial charge in [0, 0.05) is 18.5 Å². The summed E-state index contributed by atoms with van der Waals surface area (Å²) in [5.74, 6) is 0. The second-order valence-corrected chi connectivity index (χ2v) is 6.07. The molecule has 1 aromatic rings. The standard InChI is InChI=1S/C6H10BrN3O2S2/c1-14(11,12)9-3-2-8-6-10-5(7)4-13-6/h4,9H,2-3H2,1H3,(H,8,10). The Morgan fingerprint density at radius 3 is 2.79 bits per heavy atom. The van der Waals surface area contributed by atoms with E-state index in [9.17, 15) is 8.42 Å². The highest BCUT2D eigenvalue weighted by atomic mass is 79.9. The Morgan fingerprint density at radius 2 is 2.29 bits per heavy atom. The maximum atomic E-state index is 10.7. The van der Waals surface area contributed by atoms with Crippen molar-refractivity contribution in [3.05, 3.63) is 9.98 Å². The highest BCUT2D eigenvalue weighted by Gasteiger charge is 2.00. The molecule has 0 amide bonds. The summed E-state index contributed by atoms with van der Waals surface area (Å²) in [7, 11) is -3.09. The molecule has 5 nitrogen and oxygen atoms in total. The number of thiazole rings is 1. The van der Waals surface area contributed by atoms with Crippen LogP contribution in [0.1, 0.15) is 0 Å². The van der Waals surface area contributed by atoms with Gasteiger partial charge in [-0.05, 0) is 15.9 Å². The second-order valence-electron chi connectivity index (χ2n) is 2.57. The van der Waals surface area contributed by atoms with E-state index in [1.165, 1.54) is 11.3 Å². The van der Waals surface area contributed by atoms with Crippen molar-refractivity contribution in [3.8, 4) is 0 Å². The third-order valence-electron chi connectivity index (χ3n) is 1.24. The van der Waals surface area contributed by atoms with E-state index >= 15 is 0 Å². The Bertz CT molecular complexity index is 390. The van der Waals surface area contributed by atoms with Crippen LogP contribution in [0.4, 0.5) is 5.13 Å². The Morgan fingerprint density at radius 1 is 1.57 bits per heavy atom. The number of aromatic nitrogens is 1. The minimum atomic E-state index is -3.09. The van der Waals surface area contributed by atoms with E-state index in [0.29, 0.717) is 13.1 Å². The van der Waals surface area contributed by atoms with E-state index in [0.717, 1.165) is 16.0 Å². The van der Waals surface area contributed by atoms with Crippen LogP contribution in [0.15, 0.2) is 9.98 Å². The fourth-order valence-electron chi connectivity index (χ4n) is 0.741. The molecular weight excluding hydrogens is 290 g/mol. The zero-order valence-electron chi connectivity index (χ0n) is 7.45. The first-order chi connectivity index (χ1) is 6.47. The molecule has 0 aliphatic carbocycles. The minimum absolute atomic E-state index is 0.357. The third kappa shape index (κ3) is 4.89. The lowest BCUT2D eigenvalue weighted by atomic mass is 10.7. The maximum absolute atomic E-state index is 10.7. The Kier molecular flexibility index (Phi) is 4.30. The zero-order chi connectivity index (χ0) is 10.6. The van der Waals surface area contributed by atoms with Crippen LogP contribution in [0.25, 0.3) is 0 Å². The summed E-state index contributed by atoms with van der Waals surface area (Å²) in [6.07, 6.45) is 1.13. The number of hydrogen-bond acceptors (Lipinski definition) is 5. The summed E-state index contributed by atoms with van der Waals surface area (Å²) < 4.78 is 24.5. The first-order valence-electron chi connectivity index (χ1n) is 3.77. The molecule has 0 radical (unpaired) electrons. The zero-order valence-corrected chi connectivity index (χ0v) is 10.7. The molecule has 0 bridgehead atoms. The van der Waals surface area contributed by atoms with Gasteiger partial charge >= 0.3 is 0 Å². The topological polar surface area (TPSA) is 71.1 Å². The molecule has 0 aliphatic rings.